The van der Waals surface area contributed by atoms with E-state index in [1.54, 1.807) is 0 Å². The molecule has 1 aliphatic rings. The molecular weight excluding hydrogens is 336 g/mol. The third-order valence-electron chi connectivity index (χ3n) is 4.61. The molecule has 0 unspecified atom stereocenters. The first kappa shape index (κ1) is 19.9. The highest BCUT2D eigenvalue weighted by Crippen LogP contribution is 2.23. The molecule has 1 heterocycles. The van der Waals surface area contributed by atoms with Gasteiger partial charge in [-0.05, 0) is 42.4 Å². The van der Waals surface area contributed by atoms with E-state index >= 15 is 0 Å². The van der Waals surface area contributed by atoms with Crippen LogP contribution in [0.1, 0.15) is 52.0 Å². The molecule has 5 nitrogen and oxygen atoms in total. The van der Waals surface area contributed by atoms with Gasteiger partial charge in [0.15, 0.2) is 0 Å². The van der Waals surface area contributed by atoms with Crippen molar-refractivity contribution in [1.29, 1.82) is 0 Å². The van der Waals surface area contributed by atoms with E-state index in [1.165, 1.54) is 9.87 Å². The van der Waals surface area contributed by atoms with Crippen LogP contribution in [0.25, 0.3) is 0 Å². The van der Waals surface area contributed by atoms with Crippen LogP contribution in [-0.2, 0) is 14.8 Å². The van der Waals surface area contributed by atoms with Crippen LogP contribution in [0.4, 0.5) is 5.69 Å². The Balaban J connectivity index is 1.89. The topological polar surface area (TPSA) is 66.5 Å². The van der Waals surface area contributed by atoms with Crippen molar-refractivity contribution < 1.29 is 13.2 Å². The van der Waals surface area contributed by atoms with Crippen LogP contribution in [0.2, 0.25) is 0 Å². The molecule has 0 radical (unpaired) electrons. The van der Waals surface area contributed by atoms with Crippen molar-refractivity contribution in [3.05, 3.63) is 29.8 Å². The Kier molecular flexibility index (Phi) is 6.63. The lowest BCUT2D eigenvalue weighted by Crippen LogP contribution is -2.43. The molecular formula is C19H30N2O3S. The number of amides is 1. The standard InChI is InChI=1S/C19H30N2O3S/c1-14(2)13-25(23,24)21-11-9-17(10-12-21)19(22)20-18-7-5-16(6-8-18)15(3)4/h5-8,14-15,17H,9-13H2,1-4H3,(H,20,22). The SMILES string of the molecule is CC(C)CS(=O)(=O)N1CCC(C(=O)Nc2ccc(C(C)C)cc2)CC1. The highest BCUT2D eigenvalue weighted by atomic mass is 32.2. The van der Waals surface area contributed by atoms with Crippen molar-refractivity contribution in [2.24, 2.45) is 11.8 Å². The summed E-state index contributed by atoms with van der Waals surface area (Å²) in [5, 5.41) is 2.96. The molecule has 25 heavy (non-hydrogen) atoms. The highest BCUT2D eigenvalue weighted by molar-refractivity contribution is 7.89. The zero-order valence-electron chi connectivity index (χ0n) is 15.7. The van der Waals surface area contributed by atoms with E-state index in [9.17, 15) is 13.2 Å². The Morgan fingerprint density at radius 3 is 2.16 bits per heavy atom. The number of carbonyl (C=O) groups is 1. The Bertz CT molecular complexity index is 673. The summed E-state index contributed by atoms with van der Waals surface area (Å²) in [6.45, 7) is 8.94. The fourth-order valence-electron chi connectivity index (χ4n) is 3.12. The van der Waals surface area contributed by atoms with Gasteiger partial charge in [0.1, 0.15) is 0 Å². The third-order valence-corrected chi connectivity index (χ3v) is 6.85. The van der Waals surface area contributed by atoms with Gasteiger partial charge in [-0.3, -0.25) is 4.79 Å². The fourth-order valence-corrected chi connectivity index (χ4v) is 4.94. The summed E-state index contributed by atoms with van der Waals surface area (Å²) in [6, 6.07) is 7.91. The monoisotopic (exact) mass is 366 g/mol. The molecule has 2 rings (SSSR count). The Morgan fingerprint density at radius 1 is 1.12 bits per heavy atom. The Hall–Kier alpha value is -1.40. The number of hydrogen-bond acceptors (Lipinski definition) is 3. The van der Waals surface area contributed by atoms with Gasteiger partial charge >= 0.3 is 0 Å². The van der Waals surface area contributed by atoms with Crippen molar-refractivity contribution >= 4 is 21.6 Å². The minimum atomic E-state index is -3.20. The molecule has 1 aliphatic heterocycles. The average molecular weight is 367 g/mol. The van der Waals surface area contributed by atoms with Crippen LogP contribution < -0.4 is 5.32 Å². The normalized spacial score (nSPS) is 17.2. The number of benzene rings is 1. The first-order valence-corrected chi connectivity index (χ1v) is 10.7. The molecule has 0 bridgehead atoms. The smallest absolute Gasteiger partial charge is 0.227 e. The maximum atomic E-state index is 12.4. The minimum absolute atomic E-state index is 0.0156. The molecule has 1 aromatic carbocycles. The van der Waals surface area contributed by atoms with E-state index in [0.29, 0.717) is 31.8 Å². The van der Waals surface area contributed by atoms with Crippen LogP contribution in [0.5, 0.6) is 0 Å². The second-order valence-corrected chi connectivity index (χ2v) is 9.63. The molecule has 1 amide bonds. The second kappa shape index (κ2) is 8.32. The number of anilines is 1. The zero-order chi connectivity index (χ0) is 18.6. The lowest BCUT2D eigenvalue weighted by molar-refractivity contribution is -0.120. The summed E-state index contributed by atoms with van der Waals surface area (Å²) >= 11 is 0. The fraction of sp³-hybridized carbons (Fsp3) is 0.632. The lowest BCUT2D eigenvalue weighted by atomic mass is 9.97. The van der Waals surface area contributed by atoms with Crippen LogP contribution in [0, 0.1) is 11.8 Å². The summed E-state index contributed by atoms with van der Waals surface area (Å²) in [5.41, 5.74) is 2.03. The van der Waals surface area contributed by atoms with E-state index in [1.807, 2.05) is 38.1 Å². The molecule has 1 saturated heterocycles. The largest absolute Gasteiger partial charge is 0.326 e. The number of hydrogen-bond donors (Lipinski definition) is 1. The predicted octanol–water partition coefficient (Wildman–Crippen LogP) is 3.45. The van der Waals surface area contributed by atoms with Gasteiger partial charge in [-0.1, -0.05) is 39.8 Å². The predicted molar refractivity (Wildman–Crippen MR) is 102 cm³/mol. The number of piperidine rings is 1. The molecule has 1 fully saturated rings. The van der Waals surface area contributed by atoms with Crippen molar-refractivity contribution in [3.63, 3.8) is 0 Å². The number of nitrogens with one attached hydrogen (secondary N) is 1. The number of nitrogens with zero attached hydrogens (tertiary/aromatic N) is 1. The highest BCUT2D eigenvalue weighted by Gasteiger charge is 2.31. The van der Waals surface area contributed by atoms with E-state index in [0.717, 1.165) is 5.69 Å². The number of rotatable bonds is 6. The van der Waals surface area contributed by atoms with Gasteiger partial charge in [0.2, 0.25) is 15.9 Å². The van der Waals surface area contributed by atoms with E-state index in [2.05, 4.69) is 19.2 Å². The average Bonchev–Trinajstić information content (AvgIpc) is 2.54. The molecule has 140 valence electrons. The maximum absolute atomic E-state index is 12.4. The second-order valence-electron chi connectivity index (χ2n) is 7.61. The van der Waals surface area contributed by atoms with Crippen molar-refractivity contribution in [1.82, 2.24) is 4.31 Å². The van der Waals surface area contributed by atoms with Crippen LogP contribution in [-0.4, -0.2) is 37.5 Å². The van der Waals surface area contributed by atoms with E-state index in [4.69, 9.17) is 0 Å². The van der Waals surface area contributed by atoms with Crippen molar-refractivity contribution in [2.45, 2.75) is 46.5 Å². The van der Waals surface area contributed by atoms with Gasteiger partial charge < -0.3 is 5.32 Å². The van der Waals surface area contributed by atoms with Gasteiger partial charge in [-0.2, -0.15) is 0 Å². The summed E-state index contributed by atoms with van der Waals surface area (Å²) < 4.78 is 26.1. The van der Waals surface area contributed by atoms with Crippen LogP contribution in [0.3, 0.4) is 0 Å². The van der Waals surface area contributed by atoms with Gasteiger partial charge in [-0.15, -0.1) is 0 Å². The zero-order valence-corrected chi connectivity index (χ0v) is 16.5. The molecule has 0 spiro atoms. The molecule has 1 N–H and O–H groups in total. The lowest BCUT2D eigenvalue weighted by Gasteiger charge is -2.31. The summed E-state index contributed by atoms with van der Waals surface area (Å²) in [4.78, 5) is 12.4. The molecule has 0 saturated carbocycles. The maximum Gasteiger partial charge on any atom is 0.227 e. The van der Waals surface area contributed by atoms with Gasteiger partial charge in [0.05, 0.1) is 5.75 Å². The third kappa shape index (κ3) is 5.54. The quantitative estimate of drug-likeness (QED) is 0.838. The van der Waals surface area contributed by atoms with Crippen molar-refractivity contribution in [2.75, 3.05) is 24.2 Å². The first-order chi connectivity index (χ1) is 11.7. The van der Waals surface area contributed by atoms with Gasteiger partial charge in [0.25, 0.3) is 0 Å². The summed E-state index contributed by atoms with van der Waals surface area (Å²) in [6.07, 6.45) is 1.15. The summed E-state index contributed by atoms with van der Waals surface area (Å²) in [7, 11) is -3.20. The molecule has 0 aliphatic carbocycles. The number of carbonyl (C=O) groups excluding carboxylic acids is 1. The van der Waals surface area contributed by atoms with E-state index < -0.39 is 10.0 Å². The Labute approximate surface area is 151 Å². The van der Waals surface area contributed by atoms with Crippen LogP contribution >= 0.6 is 0 Å². The summed E-state index contributed by atoms with van der Waals surface area (Å²) in [5.74, 6) is 0.599. The molecule has 1 aromatic rings. The number of sulfonamides is 1. The van der Waals surface area contributed by atoms with Gasteiger partial charge in [-0.25, -0.2) is 12.7 Å². The van der Waals surface area contributed by atoms with E-state index in [-0.39, 0.29) is 23.5 Å². The molecule has 6 heteroatoms. The van der Waals surface area contributed by atoms with Gasteiger partial charge in [0, 0.05) is 24.7 Å². The first-order valence-electron chi connectivity index (χ1n) is 9.07. The molecule has 0 atom stereocenters. The Morgan fingerprint density at radius 2 is 1.68 bits per heavy atom. The molecule has 0 aromatic heterocycles. The minimum Gasteiger partial charge on any atom is -0.326 e. The van der Waals surface area contributed by atoms with Crippen molar-refractivity contribution in [3.8, 4) is 0 Å². The van der Waals surface area contributed by atoms with Crippen LogP contribution in [0.15, 0.2) is 24.3 Å².